The third-order valence-corrected chi connectivity index (χ3v) is 4.10. The van der Waals surface area contributed by atoms with Crippen LogP contribution in [0.25, 0.3) is 0 Å². The first-order valence-corrected chi connectivity index (χ1v) is 7.18. The Morgan fingerprint density at radius 1 is 1.47 bits per heavy atom. The van der Waals surface area contributed by atoms with E-state index in [1.165, 1.54) is 6.42 Å². The number of hydrogen-bond acceptors (Lipinski definition) is 3. The fourth-order valence-electron chi connectivity index (χ4n) is 2.91. The minimum Gasteiger partial charge on any atom is -0.464 e. The Hall–Kier alpha value is -1.29. The van der Waals surface area contributed by atoms with Crippen molar-refractivity contribution < 1.29 is 9.21 Å². The summed E-state index contributed by atoms with van der Waals surface area (Å²) in [7, 11) is 0. The van der Waals surface area contributed by atoms with E-state index in [0.717, 1.165) is 30.8 Å². The number of amides is 1. The topological polar surface area (TPSA) is 68.3 Å². The van der Waals surface area contributed by atoms with Gasteiger partial charge in [0.2, 0.25) is 5.91 Å². The summed E-state index contributed by atoms with van der Waals surface area (Å²) >= 11 is 0. The molecule has 1 aromatic heterocycles. The van der Waals surface area contributed by atoms with Gasteiger partial charge in [-0.25, -0.2) is 0 Å². The van der Waals surface area contributed by atoms with Gasteiger partial charge in [0.1, 0.15) is 11.5 Å². The van der Waals surface area contributed by atoms with Crippen molar-refractivity contribution in [2.24, 2.45) is 17.6 Å². The molecule has 0 radical (unpaired) electrons. The van der Waals surface area contributed by atoms with E-state index >= 15 is 0 Å². The van der Waals surface area contributed by atoms with Crippen LogP contribution in [0.4, 0.5) is 0 Å². The van der Waals surface area contributed by atoms with E-state index in [1.807, 2.05) is 26.0 Å². The standard InChI is InChI=1S/C15H24N2O2/c1-10-7-8-14(19-10)11(2)17-15(18)13-6-4-3-5-12(13)9-16/h7-8,11-13H,3-6,9,16H2,1-2H3,(H,17,18). The number of carbonyl (C=O) groups is 1. The quantitative estimate of drug-likeness (QED) is 0.878. The van der Waals surface area contributed by atoms with Crippen molar-refractivity contribution >= 4 is 5.91 Å². The van der Waals surface area contributed by atoms with E-state index < -0.39 is 0 Å². The van der Waals surface area contributed by atoms with Crippen LogP contribution < -0.4 is 11.1 Å². The second kappa shape index (κ2) is 6.24. The van der Waals surface area contributed by atoms with Gasteiger partial charge in [0.15, 0.2) is 0 Å². The summed E-state index contributed by atoms with van der Waals surface area (Å²) in [6.07, 6.45) is 4.35. The molecular weight excluding hydrogens is 240 g/mol. The van der Waals surface area contributed by atoms with Gasteiger partial charge < -0.3 is 15.5 Å². The molecule has 1 saturated carbocycles. The molecule has 4 nitrogen and oxygen atoms in total. The average Bonchev–Trinajstić information content (AvgIpc) is 2.85. The molecule has 1 aliphatic rings. The maximum Gasteiger partial charge on any atom is 0.224 e. The predicted octanol–water partition coefficient (Wildman–Crippen LogP) is 2.53. The molecule has 2 rings (SSSR count). The van der Waals surface area contributed by atoms with E-state index in [2.05, 4.69) is 5.32 Å². The first-order chi connectivity index (χ1) is 9.11. The lowest BCUT2D eigenvalue weighted by Gasteiger charge is -2.30. The fourth-order valence-corrected chi connectivity index (χ4v) is 2.91. The molecule has 4 heteroatoms. The van der Waals surface area contributed by atoms with Crippen LogP contribution in [0, 0.1) is 18.8 Å². The second-order valence-electron chi connectivity index (χ2n) is 5.57. The van der Waals surface area contributed by atoms with Gasteiger partial charge in [-0.2, -0.15) is 0 Å². The number of aryl methyl sites for hydroxylation is 1. The number of nitrogens with one attached hydrogen (secondary N) is 1. The van der Waals surface area contributed by atoms with Gasteiger partial charge in [0, 0.05) is 5.92 Å². The number of nitrogens with two attached hydrogens (primary N) is 1. The molecule has 0 saturated heterocycles. The molecule has 1 fully saturated rings. The molecule has 3 N–H and O–H groups in total. The Morgan fingerprint density at radius 3 is 2.84 bits per heavy atom. The third kappa shape index (κ3) is 3.38. The Labute approximate surface area is 114 Å². The van der Waals surface area contributed by atoms with Gasteiger partial charge >= 0.3 is 0 Å². The molecule has 1 heterocycles. The van der Waals surface area contributed by atoms with Gasteiger partial charge in [-0.3, -0.25) is 4.79 Å². The van der Waals surface area contributed by atoms with Crippen molar-refractivity contribution in [1.29, 1.82) is 0 Å². The van der Waals surface area contributed by atoms with Gasteiger partial charge in [-0.1, -0.05) is 12.8 Å². The Balaban J connectivity index is 1.96. The van der Waals surface area contributed by atoms with E-state index in [4.69, 9.17) is 10.2 Å². The lowest BCUT2D eigenvalue weighted by molar-refractivity contribution is -0.128. The molecule has 1 amide bonds. The summed E-state index contributed by atoms with van der Waals surface area (Å²) in [5, 5.41) is 3.06. The first kappa shape index (κ1) is 14.1. The average molecular weight is 264 g/mol. The molecule has 3 atom stereocenters. The normalized spacial score (nSPS) is 25.0. The maximum absolute atomic E-state index is 12.3. The Kier molecular flexibility index (Phi) is 4.64. The highest BCUT2D eigenvalue weighted by molar-refractivity contribution is 5.79. The fraction of sp³-hybridized carbons (Fsp3) is 0.667. The molecule has 1 aromatic rings. The van der Waals surface area contributed by atoms with Crippen LogP contribution in [0.3, 0.4) is 0 Å². The molecule has 106 valence electrons. The molecule has 0 aliphatic heterocycles. The van der Waals surface area contributed by atoms with Crippen molar-refractivity contribution in [3.05, 3.63) is 23.7 Å². The predicted molar refractivity (Wildman–Crippen MR) is 74.5 cm³/mol. The summed E-state index contributed by atoms with van der Waals surface area (Å²) in [6, 6.07) is 3.75. The number of hydrogen-bond donors (Lipinski definition) is 2. The van der Waals surface area contributed by atoms with Gasteiger partial charge in [-0.15, -0.1) is 0 Å². The van der Waals surface area contributed by atoms with Crippen molar-refractivity contribution in [2.75, 3.05) is 6.54 Å². The summed E-state index contributed by atoms with van der Waals surface area (Å²) in [5.74, 6) is 2.20. The third-order valence-electron chi connectivity index (χ3n) is 4.10. The lowest BCUT2D eigenvalue weighted by Crippen LogP contribution is -2.40. The minimum atomic E-state index is -0.0819. The zero-order valence-corrected chi connectivity index (χ0v) is 11.8. The minimum absolute atomic E-state index is 0.0669. The molecular formula is C15H24N2O2. The van der Waals surface area contributed by atoms with Crippen LogP contribution in [-0.2, 0) is 4.79 Å². The van der Waals surface area contributed by atoms with Crippen LogP contribution in [0.5, 0.6) is 0 Å². The highest BCUT2D eigenvalue weighted by atomic mass is 16.3. The van der Waals surface area contributed by atoms with Crippen LogP contribution in [0.2, 0.25) is 0 Å². The second-order valence-corrected chi connectivity index (χ2v) is 5.57. The lowest BCUT2D eigenvalue weighted by atomic mass is 9.78. The Morgan fingerprint density at radius 2 is 2.21 bits per heavy atom. The van der Waals surface area contributed by atoms with Crippen LogP contribution in [0.1, 0.15) is 50.2 Å². The largest absolute Gasteiger partial charge is 0.464 e. The maximum atomic E-state index is 12.3. The molecule has 3 unspecified atom stereocenters. The van der Waals surface area contributed by atoms with E-state index in [1.54, 1.807) is 0 Å². The zero-order valence-electron chi connectivity index (χ0n) is 11.8. The number of furan rings is 1. The summed E-state index contributed by atoms with van der Waals surface area (Å²) in [4.78, 5) is 12.3. The summed E-state index contributed by atoms with van der Waals surface area (Å²) in [5.41, 5.74) is 5.78. The SMILES string of the molecule is Cc1ccc(C(C)NC(=O)C2CCCCC2CN)o1. The number of carbonyl (C=O) groups excluding carboxylic acids is 1. The van der Waals surface area contributed by atoms with Crippen molar-refractivity contribution in [3.63, 3.8) is 0 Å². The van der Waals surface area contributed by atoms with Gasteiger partial charge in [0.05, 0.1) is 6.04 Å². The molecule has 0 aromatic carbocycles. The van der Waals surface area contributed by atoms with Crippen molar-refractivity contribution in [2.45, 2.75) is 45.6 Å². The van der Waals surface area contributed by atoms with Crippen LogP contribution in [-0.4, -0.2) is 12.5 Å². The van der Waals surface area contributed by atoms with E-state index in [9.17, 15) is 4.79 Å². The van der Waals surface area contributed by atoms with Crippen LogP contribution >= 0.6 is 0 Å². The van der Waals surface area contributed by atoms with Crippen molar-refractivity contribution in [1.82, 2.24) is 5.32 Å². The first-order valence-electron chi connectivity index (χ1n) is 7.18. The summed E-state index contributed by atoms with van der Waals surface area (Å²) in [6.45, 7) is 4.46. The molecule has 0 bridgehead atoms. The monoisotopic (exact) mass is 264 g/mol. The highest BCUT2D eigenvalue weighted by Gasteiger charge is 2.30. The van der Waals surface area contributed by atoms with E-state index in [0.29, 0.717) is 12.5 Å². The molecule has 19 heavy (non-hydrogen) atoms. The molecule has 1 aliphatic carbocycles. The Bertz CT molecular complexity index is 428. The van der Waals surface area contributed by atoms with E-state index in [-0.39, 0.29) is 17.9 Å². The van der Waals surface area contributed by atoms with Crippen molar-refractivity contribution in [3.8, 4) is 0 Å². The van der Waals surface area contributed by atoms with Gasteiger partial charge in [0.25, 0.3) is 0 Å². The van der Waals surface area contributed by atoms with Gasteiger partial charge in [-0.05, 0) is 51.3 Å². The summed E-state index contributed by atoms with van der Waals surface area (Å²) < 4.78 is 5.55. The number of rotatable bonds is 4. The zero-order chi connectivity index (χ0) is 13.8. The van der Waals surface area contributed by atoms with Crippen LogP contribution in [0.15, 0.2) is 16.5 Å². The molecule has 0 spiro atoms. The highest BCUT2D eigenvalue weighted by Crippen LogP contribution is 2.30. The smallest absolute Gasteiger partial charge is 0.224 e.